The van der Waals surface area contributed by atoms with Gasteiger partial charge in [0.2, 0.25) is 0 Å². The highest BCUT2D eigenvalue weighted by molar-refractivity contribution is 5.70. The molecule has 23 heavy (non-hydrogen) atoms. The molecular weight excluding hydrogens is 307 g/mol. The Kier molecular flexibility index (Phi) is 5.62. The van der Waals surface area contributed by atoms with E-state index in [1.807, 2.05) is 30.3 Å². The maximum absolute atomic E-state index is 12.4. The van der Waals surface area contributed by atoms with E-state index < -0.39 is 17.8 Å². The molecule has 0 aliphatic heterocycles. The Labute approximate surface area is 132 Å². The molecule has 2 aromatic rings. The molecule has 0 fully saturated rings. The van der Waals surface area contributed by atoms with Crippen LogP contribution in [-0.2, 0) is 12.6 Å². The van der Waals surface area contributed by atoms with Crippen LogP contribution in [0.3, 0.4) is 0 Å². The van der Waals surface area contributed by atoms with Gasteiger partial charge in [-0.05, 0) is 42.7 Å². The summed E-state index contributed by atoms with van der Waals surface area (Å²) in [6.45, 7) is 0.425. The number of carbonyl (C=O) groups is 1. The molecule has 1 amide bonds. The van der Waals surface area contributed by atoms with Gasteiger partial charge in [0.1, 0.15) is 5.75 Å². The maximum Gasteiger partial charge on any atom is 0.416 e. The number of hydrogen-bond donors (Lipinski definition) is 1. The number of rotatable bonds is 5. The average Bonchev–Trinajstić information content (AvgIpc) is 2.52. The summed E-state index contributed by atoms with van der Waals surface area (Å²) in [5.41, 5.74) is 0.388. The Hall–Kier alpha value is -2.50. The molecule has 0 radical (unpaired) electrons. The van der Waals surface area contributed by atoms with E-state index in [0.29, 0.717) is 6.54 Å². The van der Waals surface area contributed by atoms with Gasteiger partial charge in [-0.25, -0.2) is 4.79 Å². The minimum atomic E-state index is -4.40. The predicted molar refractivity (Wildman–Crippen MR) is 80.2 cm³/mol. The lowest BCUT2D eigenvalue weighted by molar-refractivity contribution is -0.137. The first kappa shape index (κ1) is 16.9. The van der Waals surface area contributed by atoms with E-state index in [1.54, 1.807) is 0 Å². The Bertz CT molecular complexity index is 625. The molecule has 0 spiro atoms. The van der Waals surface area contributed by atoms with Crippen LogP contribution < -0.4 is 10.1 Å². The number of hydrogen-bond acceptors (Lipinski definition) is 2. The van der Waals surface area contributed by atoms with Crippen LogP contribution in [0.15, 0.2) is 54.6 Å². The second-order valence-corrected chi connectivity index (χ2v) is 4.93. The molecule has 122 valence electrons. The highest BCUT2D eigenvalue weighted by atomic mass is 19.4. The molecule has 0 aliphatic carbocycles. The van der Waals surface area contributed by atoms with Crippen LogP contribution in [0.2, 0.25) is 0 Å². The smallest absolute Gasteiger partial charge is 0.410 e. The summed E-state index contributed by atoms with van der Waals surface area (Å²) >= 11 is 0. The number of ether oxygens (including phenoxy) is 1. The van der Waals surface area contributed by atoms with Gasteiger partial charge in [-0.15, -0.1) is 0 Å². The minimum absolute atomic E-state index is 0.0681. The van der Waals surface area contributed by atoms with Gasteiger partial charge in [-0.3, -0.25) is 0 Å². The summed E-state index contributed by atoms with van der Waals surface area (Å²) in [6, 6.07) is 13.8. The van der Waals surface area contributed by atoms with Gasteiger partial charge in [0, 0.05) is 6.54 Å². The van der Waals surface area contributed by atoms with Crippen LogP contribution in [0.4, 0.5) is 18.0 Å². The third kappa shape index (κ3) is 5.65. The summed E-state index contributed by atoms with van der Waals surface area (Å²) in [4.78, 5) is 11.6. The zero-order valence-electron chi connectivity index (χ0n) is 12.3. The summed E-state index contributed by atoms with van der Waals surface area (Å²) in [5.74, 6) is 0.0681. The van der Waals surface area contributed by atoms with E-state index in [4.69, 9.17) is 4.74 Å². The standard InChI is InChI=1S/C17H16F3NO2/c18-17(19,20)14-8-10-15(11-9-14)23-16(22)21-12-4-7-13-5-2-1-3-6-13/h1-3,5-6,8-11H,4,7,12H2,(H,21,22). The molecule has 6 heteroatoms. The SMILES string of the molecule is O=C(NCCCc1ccccc1)Oc1ccc(C(F)(F)F)cc1. The van der Waals surface area contributed by atoms with E-state index >= 15 is 0 Å². The fraction of sp³-hybridized carbons (Fsp3) is 0.235. The van der Waals surface area contributed by atoms with Crippen LogP contribution in [-0.4, -0.2) is 12.6 Å². The summed E-state index contributed by atoms with van der Waals surface area (Å²) in [6.07, 6.45) is -3.52. The van der Waals surface area contributed by atoms with Crippen molar-refractivity contribution in [2.24, 2.45) is 0 Å². The number of alkyl halides is 3. The monoisotopic (exact) mass is 323 g/mol. The van der Waals surface area contributed by atoms with E-state index in [0.717, 1.165) is 37.1 Å². The topological polar surface area (TPSA) is 38.3 Å². The molecule has 0 heterocycles. The van der Waals surface area contributed by atoms with Gasteiger partial charge in [-0.1, -0.05) is 30.3 Å². The number of amides is 1. The first-order valence-electron chi connectivity index (χ1n) is 7.12. The highest BCUT2D eigenvalue weighted by Crippen LogP contribution is 2.30. The van der Waals surface area contributed by atoms with Crippen molar-refractivity contribution in [3.05, 3.63) is 65.7 Å². The first-order chi connectivity index (χ1) is 10.9. The highest BCUT2D eigenvalue weighted by Gasteiger charge is 2.30. The molecule has 0 atom stereocenters. The number of carbonyl (C=O) groups excluding carboxylic acids is 1. The molecule has 3 nitrogen and oxygen atoms in total. The summed E-state index contributed by atoms with van der Waals surface area (Å²) in [5, 5.41) is 2.56. The molecule has 0 bridgehead atoms. The van der Waals surface area contributed by atoms with Crippen molar-refractivity contribution in [1.82, 2.24) is 5.32 Å². The Morgan fingerprint density at radius 3 is 2.26 bits per heavy atom. The first-order valence-corrected chi connectivity index (χ1v) is 7.12. The molecule has 0 unspecified atom stereocenters. The third-order valence-electron chi connectivity index (χ3n) is 3.15. The summed E-state index contributed by atoms with van der Waals surface area (Å²) in [7, 11) is 0. The fourth-order valence-electron chi connectivity index (χ4n) is 1.98. The van der Waals surface area contributed by atoms with Crippen LogP contribution in [0, 0.1) is 0 Å². The van der Waals surface area contributed by atoms with Crippen molar-refractivity contribution in [2.75, 3.05) is 6.54 Å². The number of nitrogens with one attached hydrogen (secondary N) is 1. The average molecular weight is 323 g/mol. The molecule has 1 N–H and O–H groups in total. The Morgan fingerprint density at radius 1 is 1.00 bits per heavy atom. The van der Waals surface area contributed by atoms with Crippen LogP contribution >= 0.6 is 0 Å². The van der Waals surface area contributed by atoms with Gasteiger partial charge in [-0.2, -0.15) is 13.2 Å². The van der Waals surface area contributed by atoms with Crippen LogP contribution in [0.5, 0.6) is 5.75 Å². The largest absolute Gasteiger partial charge is 0.416 e. The quantitative estimate of drug-likeness (QED) is 0.827. The van der Waals surface area contributed by atoms with Crippen molar-refractivity contribution in [3.8, 4) is 5.75 Å². The molecule has 2 rings (SSSR count). The zero-order chi connectivity index (χ0) is 16.7. The van der Waals surface area contributed by atoms with Gasteiger partial charge in [0.15, 0.2) is 0 Å². The molecule has 0 aliphatic rings. The van der Waals surface area contributed by atoms with Crippen molar-refractivity contribution in [2.45, 2.75) is 19.0 Å². The van der Waals surface area contributed by atoms with Crippen molar-refractivity contribution in [1.29, 1.82) is 0 Å². The van der Waals surface area contributed by atoms with Gasteiger partial charge >= 0.3 is 12.3 Å². The van der Waals surface area contributed by atoms with E-state index in [1.165, 1.54) is 5.56 Å². The lowest BCUT2D eigenvalue weighted by atomic mass is 10.1. The third-order valence-corrected chi connectivity index (χ3v) is 3.15. The van der Waals surface area contributed by atoms with E-state index in [-0.39, 0.29) is 5.75 Å². The number of aryl methyl sites for hydroxylation is 1. The van der Waals surface area contributed by atoms with Crippen molar-refractivity contribution in [3.63, 3.8) is 0 Å². The second-order valence-electron chi connectivity index (χ2n) is 4.93. The normalized spacial score (nSPS) is 11.1. The molecular formula is C17H16F3NO2. The minimum Gasteiger partial charge on any atom is -0.410 e. The zero-order valence-corrected chi connectivity index (χ0v) is 12.3. The van der Waals surface area contributed by atoms with Crippen LogP contribution in [0.25, 0.3) is 0 Å². The number of benzene rings is 2. The van der Waals surface area contributed by atoms with Crippen molar-refractivity contribution >= 4 is 6.09 Å². The van der Waals surface area contributed by atoms with Gasteiger partial charge < -0.3 is 10.1 Å². The summed E-state index contributed by atoms with van der Waals surface area (Å²) < 4.78 is 42.1. The van der Waals surface area contributed by atoms with Gasteiger partial charge in [0.25, 0.3) is 0 Å². The van der Waals surface area contributed by atoms with E-state index in [9.17, 15) is 18.0 Å². The van der Waals surface area contributed by atoms with E-state index in [2.05, 4.69) is 5.32 Å². The van der Waals surface area contributed by atoms with Crippen LogP contribution in [0.1, 0.15) is 17.5 Å². The molecule has 0 saturated carbocycles. The predicted octanol–water partition coefficient (Wildman–Crippen LogP) is 4.43. The number of halogens is 3. The Balaban J connectivity index is 1.72. The fourth-order valence-corrected chi connectivity index (χ4v) is 1.98. The molecule has 0 aromatic heterocycles. The van der Waals surface area contributed by atoms with Crippen molar-refractivity contribution < 1.29 is 22.7 Å². The maximum atomic E-state index is 12.4. The lowest BCUT2D eigenvalue weighted by Crippen LogP contribution is -2.28. The van der Waals surface area contributed by atoms with Gasteiger partial charge in [0.05, 0.1) is 5.56 Å². The molecule has 0 saturated heterocycles. The lowest BCUT2D eigenvalue weighted by Gasteiger charge is -2.09. The molecule has 2 aromatic carbocycles. The Morgan fingerprint density at radius 2 is 1.65 bits per heavy atom. The second kappa shape index (κ2) is 7.67.